The van der Waals surface area contributed by atoms with Gasteiger partial charge in [-0.25, -0.2) is 0 Å². The van der Waals surface area contributed by atoms with Gasteiger partial charge in [-0.3, -0.25) is 4.98 Å². The summed E-state index contributed by atoms with van der Waals surface area (Å²) in [6.07, 6.45) is 6.98. The molecule has 1 heterocycles. The molecule has 1 aliphatic carbocycles. The zero-order valence-electron chi connectivity index (χ0n) is 10.4. The van der Waals surface area contributed by atoms with Gasteiger partial charge < -0.3 is 10.4 Å². The van der Waals surface area contributed by atoms with Gasteiger partial charge in [-0.15, -0.1) is 0 Å². The lowest BCUT2D eigenvalue weighted by Gasteiger charge is -2.13. The Morgan fingerprint density at radius 3 is 2.89 bits per heavy atom. The number of phenolic OH excluding ortho intramolecular Hbond substituents is 1. The van der Waals surface area contributed by atoms with E-state index in [0.717, 1.165) is 11.9 Å². The summed E-state index contributed by atoms with van der Waals surface area (Å²) in [7, 11) is 0. The van der Waals surface area contributed by atoms with Gasteiger partial charge in [0.1, 0.15) is 11.3 Å². The molecular weight excluding hydrogens is 224 g/mol. The Hall–Kier alpha value is -1.61. The van der Waals surface area contributed by atoms with Crippen molar-refractivity contribution < 1.29 is 5.11 Å². The van der Waals surface area contributed by atoms with Crippen molar-refractivity contribution in [3.05, 3.63) is 36.0 Å². The van der Waals surface area contributed by atoms with Crippen LogP contribution in [0.15, 0.2) is 30.5 Å². The van der Waals surface area contributed by atoms with Crippen LogP contribution >= 0.6 is 0 Å². The van der Waals surface area contributed by atoms with E-state index in [-0.39, 0.29) is 5.75 Å². The van der Waals surface area contributed by atoms with Crippen molar-refractivity contribution >= 4 is 10.9 Å². The molecule has 3 rings (SSSR count). The zero-order valence-corrected chi connectivity index (χ0v) is 10.4. The van der Waals surface area contributed by atoms with Gasteiger partial charge in [0.15, 0.2) is 0 Å². The van der Waals surface area contributed by atoms with Crippen LogP contribution in [0.3, 0.4) is 0 Å². The Labute approximate surface area is 107 Å². The van der Waals surface area contributed by atoms with E-state index in [1.165, 1.54) is 31.2 Å². The van der Waals surface area contributed by atoms with Gasteiger partial charge in [0, 0.05) is 24.2 Å². The SMILES string of the molecule is Oc1ccc(CNC2CCCC2)c2cccnc12. The quantitative estimate of drug-likeness (QED) is 0.869. The van der Waals surface area contributed by atoms with E-state index in [2.05, 4.69) is 10.3 Å². The number of hydrogen-bond donors (Lipinski definition) is 2. The van der Waals surface area contributed by atoms with Crippen molar-refractivity contribution in [3.8, 4) is 5.75 Å². The Balaban J connectivity index is 1.85. The lowest BCUT2D eigenvalue weighted by molar-refractivity contribution is 0.479. The van der Waals surface area contributed by atoms with Gasteiger partial charge in [0.05, 0.1) is 0 Å². The van der Waals surface area contributed by atoms with Crippen LogP contribution in [0.25, 0.3) is 10.9 Å². The molecule has 0 unspecified atom stereocenters. The number of aromatic hydroxyl groups is 1. The number of nitrogens with one attached hydrogen (secondary N) is 1. The highest BCUT2D eigenvalue weighted by Crippen LogP contribution is 2.26. The summed E-state index contributed by atoms with van der Waals surface area (Å²) in [4.78, 5) is 4.24. The molecule has 1 saturated carbocycles. The summed E-state index contributed by atoms with van der Waals surface area (Å²) in [6, 6.07) is 8.32. The zero-order chi connectivity index (χ0) is 12.4. The van der Waals surface area contributed by atoms with E-state index in [1.54, 1.807) is 12.3 Å². The molecule has 1 aromatic carbocycles. The van der Waals surface area contributed by atoms with Crippen LogP contribution < -0.4 is 5.32 Å². The molecule has 1 aliphatic rings. The third kappa shape index (κ3) is 2.18. The van der Waals surface area contributed by atoms with Crippen molar-refractivity contribution in [1.82, 2.24) is 10.3 Å². The van der Waals surface area contributed by atoms with Crippen LogP contribution in [0.4, 0.5) is 0 Å². The number of benzene rings is 1. The molecule has 0 saturated heterocycles. The predicted molar refractivity (Wildman–Crippen MR) is 72.5 cm³/mol. The molecule has 18 heavy (non-hydrogen) atoms. The highest BCUT2D eigenvalue weighted by Gasteiger charge is 2.14. The van der Waals surface area contributed by atoms with Crippen LogP contribution in [-0.4, -0.2) is 16.1 Å². The van der Waals surface area contributed by atoms with Crippen LogP contribution in [0.2, 0.25) is 0 Å². The maximum Gasteiger partial charge on any atom is 0.141 e. The van der Waals surface area contributed by atoms with E-state index in [1.807, 2.05) is 18.2 Å². The van der Waals surface area contributed by atoms with Gasteiger partial charge in [-0.05, 0) is 30.5 Å². The minimum atomic E-state index is 0.259. The van der Waals surface area contributed by atoms with Crippen LogP contribution in [0.1, 0.15) is 31.2 Å². The fourth-order valence-electron chi connectivity index (χ4n) is 2.76. The minimum Gasteiger partial charge on any atom is -0.506 e. The molecule has 94 valence electrons. The summed E-state index contributed by atoms with van der Waals surface area (Å²) in [5.74, 6) is 0.259. The van der Waals surface area contributed by atoms with Crippen LogP contribution in [0, 0.1) is 0 Å². The average Bonchev–Trinajstić information content (AvgIpc) is 2.92. The topological polar surface area (TPSA) is 45.1 Å². The summed E-state index contributed by atoms with van der Waals surface area (Å²) in [6.45, 7) is 0.854. The maximum absolute atomic E-state index is 9.79. The molecule has 1 fully saturated rings. The molecular formula is C15H18N2O. The number of phenols is 1. The van der Waals surface area contributed by atoms with Crippen LogP contribution in [-0.2, 0) is 6.54 Å². The van der Waals surface area contributed by atoms with Crippen molar-refractivity contribution in [2.24, 2.45) is 0 Å². The summed E-state index contributed by atoms with van der Waals surface area (Å²) >= 11 is 0. The second kappa shape index (κ2) is 4.94. The highest BCUT2D eigenvalue weighted by molar-refractivity contribution is 5.87. The first kappa shape index (κ1) is 11.5. The molecule has 0 bridgehead atoms. The van der Waals surface area contributed by atoms with Gasteiger partial charge >= 0.3 is 0 Å². The monoisotopic (exact) mass is 242 g/mol. The first-order valence-electron chi connectivity index (χ1n) is 6.63. The first-order valence-corrected chi connectivity index (χ1v) is 6.63. The van der Waals surface area contributed by atoms with Gasteiger partial charge in [-0.1, -0.05) is 25.0 Å². The highest BCUT2D eigenvalue weighted by atomic mass is 16.3. The standard InChI is InChI=1S/C15H18N2O/c18-14-8-7-11(10-17-12-4-1-2-5-12)13-6-3-9-16-15(13)14/h3,6-9,12,17-18H,1-2,4-5,10H2. The van der Waals surface area contributed by atoms with Gasteiger partial charge in [0.2, 0.25) is 0 Å². The van der Waals surface area contributed by atoms with Crippen LogP contribution in [0.5, 0.6) is 5.75 Å². The minimum absolute atomic E-state index is 0.259. The smallest absolute Gasteiger partial charge is 0.141 e. The summed E-state index contributed by atoms with van der Waals surface area (Å²) in [5.41, 5.74) is 1.91. The second-order valence-electron chi connectivity index (χ2n) is 5.01. The Morgan fingerprint density at radius 1 is 1.22 bits per heavy atom. The predicted octanol–water partition coefficient (Wildman–Crippen LogP) is 2.97. The molecule has 2 aromatic rings. The third-order valence-corrected chi connectivity index (χ3v) is 3.78. The lowest BCUT2D eigenvalue weighted by atomic mass is 10.1. The maximum atomic E-state index is 9.79. The molecule has 3 nitrogen and oxygen atoms in total. The van der Waals surface area contributed by atoms with Crippen molar-refractivity contribution in [2.75, 3.05) is 0 Å². The molecule has 1 aromatic heterocycles. The van der Waals surface area contributed by atoms with Crippen molar-refractivity contribution in [3.63, 3.8) is 0 Å². The molecule has 0 amide bonds. The molecule has 3 heteroatoms. The number of hydrogen-bond acceptors (Lipinski definition) is 3. The summed E-state index contributed by atoms with van der Waals surface area (Å²) in [5, 5.41) is 14.4. The van der Waals surface area contributed by atoms with Crippen molar-refractivity contribution in [2.45, 2.75) is 38.3 Å². The average molecular weight is 242 g/mol. The lowest BCUT2D eigenvalue weighted by Crippen LogP contribution is -2.25. The normalized spacial score (nSPS) is 16.4. The Kier molecular flexibility index (Phi) is 3.15. The van der Waals surface area contributed by atoms with E-state index in [0.29, 0.717) is 11.6 Å². The molecule has 0 radical (unpaired) electrons. The molecule has 0 aliphatic heterocycles. The Bertz CT molecular complexity index is 547. The fourth-order valence-corrected chi connectivity index (χ4v) is 2.76. The van der Waals surface area contributed by atoms with E-state index >= 15 is 0 Å². The van der Waals surface area contributed by atoms with E-state index in [9.17, 15) is 5.11 Å². The number of fused-ring (bicyclic) bond motifs is 1. The van der Waals surface area contributed by atoms with E-state index in [4.69, 9.17) is 0 Å². The fraction of sp³-hybridized carbons (Fsp3) is 0.400. The van der Waals surface area contributed by atoms with Gasteiger partial charge in [0.25, 0.3) is 0 Å². The largest absolute Gasteiger partial charge is 0.506 e. The molecule has 0 spiro atoms. The first-order chi connectivity index (χ1) is 8.84. The van der Waals surface area contributed by atoms with Crippen molar-refractivity contribution in [1.29, 1.82) is 0 Å². The number of rotatable bonds is 3. The number of pyridine rings is 1. The third-order valence-electron chi connectivity index (χ3n) is 3.78. The number of aromatic nitrogens is 1. The Morgan fingerprint density at radius 2 is 2.06 bits per heavy atom. The summed E-state index contributed by atoms with van der Waals surface area (Å²) < 4.78 is 0. The van der Waals surface area contributed by atoms with Gasteiger partial charge in [-0.2, -0.15) is 0 Å². The van der Waals surface area contributed by atoms with E-state index < -0.39 is 0 Å². The number of nitrogens with zero attached hydrogens (tertiary/aromatic N) is 1. The molecule has 0 atom stereocenters. The molecule has 2 N–H and O–H groups in total. The second-order valence-corrected chi connectivity index (χ2v) is 5.01.